The average molecular weight is 377 g/mol. The number of nitrogens with one attached hydrogen (secondary N) is 1. The van der Waals surface area contributed by atoms with Gasteiger partial charge in [0, 0.05) is 38.1 Å². The minimum Gasteiger partial charge on any atom is -0.356 e. The van der Waals surface area contributed by atoms with Gasteiger partial charge in [0.05, 0.1) is 5.92 Å². The molecular weight excluding hydrogens is 351 g/mol. The number of alkyl halides is 3. The largest absolute Gasteiger partial charge is 0.471 e. The normalized spacial score (nSPS) is 22.7. The molecule has 148 valence electrons. The minimum atomic E-state index is -4.84. The van der Waals surface area contributed by atoms with Crippen molar-refractivity contribution in [1.29, 1.82) is 0 Å². The molecule has 1 unspecified atom stereocenters. The molecule has 0 saturated carbocycles. The number of carbonyl (C=O) groups is 3. The molecule has 0 aromatic rings. The Morgan fingerprint density at radius 2 is 1.73 bits per heavy atom. The monoisotopic (exact) mass is 377 g/mol. The summed E-state index contributed by atoms with van der Waals surface area (Å²) in [6.45, 7) is 6.57. The second kappa shape index (κ2) is 7.44. The summed E-state index contributed by atoms with van der Waals surface area (Å²) in [6, 6.07) is 0. The van der Waals surface area contributed by atoms with Crippen molar-refractivity contribution in [1.82, 2.24) is 15.1 Å². The lowest BCUT2D eigenvalue weighted by molar-refractivity contribution is -0.186. The van der Waals surface area contributed by atoms with Gasteiger partial charge in [0.2, 0.25) is 11.8 Å². The molecular formula is C17H26F3N3O3. The third kappa shape index (κ3) is 4.88. The highest BCUT2D eigenvalue weighted by atomic mass is 19.4. The van der Waals surface area contributed by atoms with E-state index in [0.29, 0.717) is 25.9 Å². The summed E-state index contributed by atoms with van der Waals surface area (Å²) >= 11 is 0. The molecule has 1 atom stereocenters. The van der Waals surface area contributed by atoms with Gasteiger partial charge in [0.15, 0.2) is 0 Å². The van der Waals surface area contributed by atoms with Crippen LogP contribution >= 0.6 is 0 Å². The molecule has 0 aromatic carbocycles. The van der Waals surface area contributed by atoms with E-state index in [1.54, 1.807) is 4.90 Å². The standard InChI is InChI=1S/C17H26F3N3O3/c1-16(2,3)23-10-12(8-13(23)24)14(25)21-9-11-4-6-22(7-5-11)15(26)17(18,19)20/h11-12H,4-10H2,1-3H3,(H,21,25). The molecule has 0 bridgehead atoms. The quantitative estimate of drug-likeness (QED) is 0.811. The first-order valence-corrected chi connectivity index (χ1v) is 8.84. The molecule has 6 nitrogen and oxygen atoms in total. The number of hydrogen-bond donors (Lipinski definition) is 1. The van der Waals surface area contributed by atoms with E-state index in [2.05, 4.69) is 5.32 Å². The van der Waals surface area contributed by atoms with Crippen molar-refractivity contribution in [3.8, 4) is 0 Å². The van der Waals surface area contributed by atoms with Crippen LogP contribution in [0.4, 0.5) is 13.2 Å². The Morgan fingerprint density at radius 3 is 2.19 bits per heavy atom. The zero-order valence-electron chi connectivity index (χ0n) is 15.4. The van der Waals surface area contributed by atoms with Gasteiger partial charge in [-0.25, -0.2) is 0 Å². The number of hydrogen-bond acceptors (Lipinski definition) is 3. The summed E-state index contributed by atoms with van der Waals surface area (Å²) in [7, 11) is 0. The highest BCUT2D eigenvalue weighted by molar-refractivity contribution is 5.89. The number of amides is 3. The lowest BCUT2D eigenvalue weighted by Gasteiger charge is -2.33. The molecule has 2 saturated heterocycles. The van der Waals surface area contributed by atoms with E-state index in [4.69, 9.17) is 0 Å². The Labute approximate surface area is 151 Å². The predicted molar refractivity (Wildman–Crippen MR) is 87.9 cm³/mol. The van der Waals surface area contributed by atoms with Crippen molar-refractivity contribution in [2.75, 3.05) is 26.2 Å². The van der Waals surface area contributed by atoms with Crippen LogP contribution in [0.5, 0.6) is 0 Å². The van der Waals surface area contributed by atoms with Gasteiger partial charge in [0.1, 0.15) is 0 Å². The third-order valence-electron chi connectivity index (χ3n) is 5.01. The van der Waals surface area contributed by atoms with Crippen LogP contribution in [0.25, 0.3) is 0 Å². The minimum absolute atomic E-state index is 0.0343. The van der Waals surface area contributed by atoms with Gasteiger partial charge in [-0.2, -0.15) is 13.2 Å². The summed E-state index contributed by atoms with van der Waals surface area (Å²) in [5.74, 6) is -2.40. The van der Waals surface area contributed by atoms with Gasteiger partial charge >= 0.3 is 12.1 Å². The summed E-state index contributed by atoms with van der Waals surface area (Å²) in [6.07, 6.45) is -3.82. The van der Waals surface area contributed by atoms with Gasteiger partial charge in [-0.3, -0.25) is 14.4 Å². The van der Waals surface area contributed by atoms with Gasteiger partial charge in [-0.1, -0.05) is 0 Å². The fraction of sp³-hybridized carbons (Fsp3) is 0.824. The molecule has 3 amide bonds. The fourth-order valence-electron chi connectivity index (χ4n) is 3.44. The Hall–Kier alpha value is -1.80. The smallest absolute Gasteiger partial charge is 0.356 e. The van der Waals surface area contributed by atoms with E-state index in [-0.39, 0.29) is 42.8 Å². The van der Waals surface area contributed by atoms with Gasteiger partial charge in [0.25, 0.3) is 0 Å². The highest BCUT2D eigenvalue weighted by Crippen LogP contribution is 2.26. The second-order valence-electron chi connectivity index (χ2n) is 8.05. The highest BCUT2D eigenvalue weighted by Gasteiger charge is 2.43. The molecule has 0 aliphatic carbocycles. The number of carbonyl (C=O) groups excluding carboxylic acids is 3. The van der Waals surface area contributed by atoms with Gasteiger partial charge < -0.3 is 15.1 Å². The summed E-state index contributed by atoms with van der Waals surface area (Å²) in [4.78, 5) is 38.1. The number of halogens is 3. The number of piperidine rings is 1. The number of nitrogens with zero attached hydrogens (tertiary/aromatic N) is 2. The summed E-state index contributed by atoms with van der Waals surface area (Å²) in [5, 5.41) is 2.82. The van der Waals surface area contributed by atoms with Crippen molar-refractivity contribution in [3.63, 3.8) is 0 Å². The van der Waals surface area contributed by atoms with E-state index in [9.17, 15) is 27.6 Å². The predicted octanol–water partition coefficient (Wildman–Crippen LogP) is 1.55. The Balaban J connectivity index is 1.76. The summed E-state index contributed by atoms with van der Waals surface area (Å²) in [5.41, 5.74) is -0.329. The molecule has 2 aliphatic rings. The van der Waals surface area contributed by atoms with Gasteiger partial charge in [-0.15, -0.1) is 0 Å². The SMILES string of the molecule is CC(C)(C)N1CC(C(=O)NCC2CCN(C(=O)C(F)(F)F)CC2)CC1=O. The molecule has 2 fully saturated rings. The van der Waals surface area contributed by atoms with E-state index in [1.165, 1.54) is 0 Å². The Morgan fingerprint density at radius 1 is 1.15 bits per heavy atom. The lowest BCUT2D eigenvalue weighted by atomic mass is 9.96. The lowest BCUT2D eigenvalue weighted by Crippen LogP contribution is -2.47. The number of rotatable bonds is 3. The topological polar surface area (TPSA) is 69.7 Å². The maximum atomic E-state index is 12.4. The first-order valence-electron chi connectivity index (χ1n) is 8.84. The summed E-state index contributed by atoms with van der Waals surface area (Å²) < 4.78 is 37.3. The van der Waals surface area contributed by atoms with Crippen molar-refractivity contribution in [2.45, 2.75) is 51.7 Å². The van der Waals surface area contributed by atoms with Crippen LogP contribution in [0.3, 0.4) is 0 Å². The zero-order chi connectivity index (χ0) is 19.7. The van der Waals surface area contributed by atoms with Crippen LogP contribution in [0.15, 0.2) is 0 Å². The average Bonchev–Trinajstić information content (AvgIpc) is 2.94. The fourth-order valence-corrected chi connectivity index (χ4v) is 3.44. The van der Waals surface area contributed by atoms with Crippen LogP contribution in [0.1, 0.15) is 40.0 Å². The maximum Gasteiger partial charge on any atom is 0.471 e. The molecule has 0 spiro atoms. The molecule has 2 rings (SSSR count). The maximum absolute atomic E-state index is 12.4. The van der Waals surface area contributed by atoms with Crippen LogP contribution in [-0.2, 0) is 14.4 Å². The zero-order valence-corrected chi connectivity index (χ0v) is 15.4. The van der Waals surface area contributed by atoms with Gasteiger partial charge in [-0.05, 0) is 39.5 Å². The third-order valence-corrected chi connectivity index (χ3v) is 5.01. The first kappa shape index (κ1) is 20.5. The molecule has 2 heterocycles. The van der Waals surface area contributed by atoms with Crippen molar-refractivity contribution in [2.24, 2.45) is 11.8 Å². The Bertz CT molecular complexity index is 564. The van der Waals surface area contributed by atoms with E-state index in [1.807, 2.05) is 20.8 Å². The van der Waals surface area contributed by atoms with Crippen molar-refractivity contribution >= 4 is 17.7 Å². The van der Waals surface area contributed by atoms with E-state index >= 15 is 0 Å². The molecule has 2 aliphatic heterocycles. The van der Waals surface area contributed by atoms with E-state index < -0.39 is 18.0 Å². The van der Waals surface area contributed by atoms with Crippen molar-refractivity contribution in [3.05, 3.63) is 0 Å². The number of likely N-dealkylation sites (tertiary alicyclic amines) is 2. The molecule has 1 N–H and O–H groups in total. The van der Waals surface area contributed by atoms with Crippen LogP contribution in [-0.4, -0.2) is 65.4 Å². The van der Waals surface area contributed by atoms with Crippen LogP contribution in [0, 0.1) is 11.8 Å². The second-order valence-corrected chi connectivity index (χ2v) is 8.05. The van der Waals surface area contributed by atoms with Crippen LogP contribution in [0.2, 0.25) is 0 Å². The molecule has 26 heavy (non-hydrogen) atoms. The molecule has 9 heteroatoms. The molecule has 0 aromatic heterocycles. The van der Waals surface area contributed by atoms with Crippen molar-refractivity contribution < 1.29 is 27.6 Å². The first-order chi connectivity index (χ1) is 11.9. The van der Waals surface area contributed by atoms with E-state index in [0.717, 1.165) is 4.90 Å². The van der Waals surface area contributed by atoms with Crippen LogP contribution < -0.4 is 5.32 Å². The Kier molecular flexibility index (Phi) is 5.87. The molecule has 0 radical (unpaired) electrons.